The molecule has 0 aromatic heterocycles. The molecule has 0 aliphatic carbocycles. The molecule has 3 aliphatic rings. The molecule has 5 nitrogen and oxygen atoms in total. The van der Waals surface area contributed by atoms with Crippen molar-refractivity contribution in [3.63, 3.8) is 0 Å². The zero-order chi connectivity index (χ0) is 20.3. The Hall–Kier alpha value is -2.64. The highest BCUT2D eigenvalue weighted by Gasteiger charge is 2.53. The Morgan fingerprint density at radius 3 is 2.79 bits per heavy atom. The maximum absolute atomic E-state index is 13.4. The van der Waals surface area contributed by atoms with Crippen LogP contribution < -0.4 is 5.32 Å². The number of azo groups is 1. The molecule has 0 bridgehead atoms. The number of hydrogen-bond acceptors (Lipinski definition) is 4. The molecule has 1 aromatic rings. The molecular formula is C20H21F3N4O. The van der Waals surface area contributed by atoms with Crippen molar-refractivity contribution < 1.29 is 18.0 Å². The Morgan fingerprint density at radius 1 is 1.36 bits per heavy atom. The molecule has 148 valence electrons. The van der Waals surface area contributed by atoms with Gasteiger partial charge in [-0.25, -0.2) is 0 Å². The lowest BCUT2D eigenvalue weighted by Gasteiger charge is -2.48. The van der Waals surface area contributed by atoms with Crippen LogP contribution in [0.3, 0.4) is 0 Å². The third kappa shape index (κ3) is 2.50. The Balaban J connectivity index is 2.02. The molecule has 28 heavy (non-hydrogen) atoms. The van der Waals surface area contributed by atoms with Crippen molar-refractivity contribution in [3.8, 4) is 0 Å². The number of carbonyl (C=O) groups excluding carboxylic acids is 1. The van der Waals surface area contributed by atoms with Crippen LogP contribution in [0, 0.1) is 5.92 Å². The summed E-state index contributed by atoms with van der Waals surface area (Å²) in [6.07, 6.45) is -2.92. The molecule has 1 amide bonds. The number of nitrogens with one attached hydrogen (secondary N) is 1. The number of fused-ring (bicyclic) bond motifs is 1. The van der Waals surface area contributed by atoms with Gasteiger partial charge < -0.3 is 10.2 Å². The SMILES string of the molecule is CC[C@]1(c2cccc(C(F)(F)F)c2)C2=CN=NC2NC2=C1C(=O)N(C)C[C@@H]2C. The van der Waals surface area contributed by atoms with Crippen LogP contribution in [-0.4, -0.2) is 30.6 Å². The minimum Gasteiger partial charge on any atom is -0.361 e. The Labute approximate surface area is 161 Å². The van der Waals surface area contributed by atoms with Gasteiger partial charge in [-0.1, -0.05) is 32.0 Å². The first-order chi connectivity index (χ1) is 13.2. The average Bonchev–Trinajstić information content (AvgIpc) is 3.13. The standard InChI is InChI=1S/C20H21F3N4O/c1-4-19(12-6-5-7-13(8-12)20(21,22)23)14-9-24-26-17(14)25-16-11(2)10-27(3)18(28)15(16)19/h5-9,11,17,25H,4,10H2,1-3H3/t11-,17?,19-/m0/s1. The summed E-state index contributed by atoms with van der Waals surface area (Å²) in [6, 6.07) is 5.27. The van der Waals surface area contributed by atoms with Gasteiger partial charge in [0.25, 0.3) is 5.91 Å². The summed E-state index contributed by atoms with van der Waals surface area (Å²) in [7, 11) is 1.72. The fraction of sp³-hybridized carbons (Fsp3) is 0.450. The highest BCUT2D eigenvalue weighted by atomic mass is 19.4. The highest BCUT2D eigenvalue weighted by molar-refractivity contribution is 5.99. The predicted molar refractivity (Wildman–Crippen MR) is 97.1 cm³/mol. The first-order valence-electron chi connectivity index (χ1n) is 9.25. The van der Waals surface area contributed by atoms with Crippen LogP contribution in [0.2, 0.25) is 0 Å². The second kappa shape index (κ2) is 6.18. The van der Waals surface area contributed by atoms with Crippen molar-refractivity contribution in [1.82, 2.24) is 10.2 Å². The predicted octanol–water partition coefficient (Wildman–Crippen LogP) is 3.99. The second-order valence-corrected chi connectivity index (χ2v) is 7.58. The number of hydrogen-bond donors (Lipinski definition) is 1. The summed E-state index contributed by atoms with van der Waals surface area (Å²) in [5.74, 6) is -0.155. The van der Waals surface area contributed by atoms with Gasteiger partial charge in [-0.3, -0.25) is 4.79 Å². The molecule has 0 fully saturated rings. The van der Waals surface area contributed by atoms with Crippen molar-refractivity contribution in [3.05, 3.63) is 58.4 Å². The minimum atomic E-state index is -4.46. The summed E-state index contributed by atoms with van der Waals surface area (Å²) in [5, 5.41) is 11.5. The maximum atomic E-state index is 13.4. The molecule has 3 aliphatic heterocycles. The first-order valence-corrected chi connectivity index (χ1v) is 9.25. The van der Waals surface area contributed by atoms with Crippen molar-refractivity contribution in [2.45, 2.75) is 38.0 Å². The Kier molecular flexibility index (Phi) is 4.13. The van der Waals surface area contributed by atoms with Crippen molar-refractivity contribution in [2.24, 2.45) is 16.1 Å². The maximum Gasteiger partial charge on any atom is 0.416 e. The molecule has 1 aromatic carbocycles. The number of likely N-dealkylation sites (N-methyl/N-ethyl adjacent to an activating group) is 1. The van der Waals surface area contributed by atoms with E-state index in [4.69, 9.17) is 0 Å². The fourth-order valence-corrected chi connectivity index (χ4v) is 4.66. The summed E-state index contributed by atoms with van der Waals surface area (Å²) >= 11 is 0. The van der Waals surface area contributed by atoms with Gasteiger partial charge in [0.2, 0.25) is 0 Å². The smallest absolute Gasteiger partial charge is 0.361 e. The van der Waals surface area contributed by atoms with Crippen LogP contribution in [0.15, 0.2) is 57.5 Å². The number of halogens is 3. The molecule has 8 heteroatoms. The minimum absolute atomic E-state index is 0.0202. The van der Waals surface area contributed by atoms with E-state index in [1.54, 1.807) is 24.2 Å². The number of amides is 1. The van der Waals surface area contributed by atoms with E-state index in [9.17, 15) is 18.0 Å². The van der Waals surface area contributed by atoms with Crippen LogP contribution in [0.25, 0.3) is 0 Å². The van der Waals surface area contributed by atoms with E-state index in [0.29, 0.717) is 29.7 Å². The number of carbonyl (C=O) groups is 1. The molecule has 0 saturated heterocycles. The van der Waals surface area contributed by atoms with E-state index in [1.165, 1.54) is 6.07 Å². The van der Waals surface area contributed by atoms with E-state index in [1.807, 2.05) is 13.8 Å². The van der Waals surface area contributed by atoms with Gasteiger partial charge in [-0.15, -0.1) is 0 Å². The second-order valence-electron chi connectivity index (χ2n) is 7.58. The summed E-state index contributed by atoms with van der Waals surface area (Å²) in [6.45, 7) is 4.42. The van der Waals surface area contributed by atoms with Gasteiger partial charge in [0, 0.05) is 30.8 Å². The zero-order valence-corrected chi connectivity index (χ0v) is 15.8. The molecular weight excluding hydrogens is 369 g/mol. The molecule has 1 unspecified atom stereocenters. The molecule has 3 heterocycles. The lowest BCUT2D eigenvalue weighted by Crippen LogP contribution is -2.55. The average molecular weight is 390 g/mol. The number of nitrogens with zero attached hydrogens (tertiary/aromatic N) is 3. The summed E-state index contributed by atoms with van der Waals surface area (Å²) in [5.41, 5.74) is 0.681. The fourth-order valence-electron chi connectivity index (χ4n) is 4.66. The van der Waals surface area contributed by atoms with Crippen molar-refractivity contribution in [2.75, 3.05) is 13.6 Å². The van der Waals surface area contributed by atoms with E-state index in [-0.39, 0.29) is 11.8 Å². The van der Waals surface area contributed by atoms with Gasteiger partial charge >= 0.3 is 6.18 Å². The number of rotatable bonds is 2. The van der Waals surface area contributed by atoms with Crippen LogP contribution in [0.4, 0.5) is 13.2 Å². The molecule has 3 atom stereocenters. The van der Waals surface area contributed by atoms with E-state index >= 15 is 0 Å². The lowest BCUT2D eigenvalue weighted by molar-refractivity contribution is -0.137. The number of benzene rings is 1. The van der Waals surface area contributed by atoms with Crippen molar-refractivity contribution >= 4 is 5.91 Å². The normalized spacial score (nSPS) is 29.4. The zero-order valence-electron chi connectivity index (χ0n) is 15.8. The molecule has 4 rings (SSSR count). The third-order valence-electron chi connectivity index (χ3n) is 5.97. The number of alkyl halides is 3. The Bertz CT molecular complexity index is 934. The van der Waals surface area contributed by atoms with Gasteiger partial charge in [-0.2, -0.15) is 23.4 Å². The molecule has 0 radical (unpaired) electrons. The third-order valence-corrected chi connectivity index (χ3v) is 5.97. The van der Waals surface area contributed by atoms with E-state index < -0.39 is 23.3 Å². The first kappa shape index (κ1) is 18.7. The van der Waals surface area contributed by atoms with Crippen LogP contribution in [0.1, 0.15) is 31.4 Å². The quantitative estimate of drug-likeness (QED) is 0.830. The van der Waals surface area contributed by atoms with Gasteiger partial charge in [0.15, 0.2) is 6.17 Å². The van der Waals surface area contributed by atoms with Crippen molar-refractivity contribution in [1.29, 1.82) is 0 Å². The van der Waals surface area contributed by atoms with Crippen LogP contribution >= 0.6 is 0 Å². The van der Waals surface area contributed by atoms with E-state index in [2.05, 4.69) is 15.5 Å². The van der Waals surface area contributed by atoms with Gasteiger partial charge in [-0.05, 0) is 18.1 Å². The topological polar surface area (TPSA) is 57.1 Å². The van der Waals surface area contributed by atoms with Gasteiger partial charge in [0.1, 0.15) is 0 Å². The lowest BCUT2D eigenvalue weighted by atomic mass is 9.62. The summed E-state index contributed by atoms with van der Waals surface area (Å²) in [4.78, 5) is 14.9. The molecule has 0 spiro atoms. The molecule has 0 saturated carbocycles. The summed E-state index contributed by atoms with van der Waals surface area (Å²) < 4.78 is 40.2. The van der Waals surface area contributed by atoms with Crippen LogP contribution in [0.5, 0.6) is 0 Å². The monoisotopic (exact) mass is 390 g/mol. The van der Waals surface area contributed by atoms with Crippen LogP contribution in [-0.2, 0) is 16.4 Å². The van der Waals surface area contributed by atoms with E-state index in [0.717, 1.165) is 17.8 Å². The largest absolute Gasteiger partial charge is 0.416 e. The highest BCUT2D eigenvalue weighted by Crippen LogP contribution is 2.52. The Morgan fingerprint density at radius 2 is 2.11 bits per heavy atom. The van der Waals surface area contributed by atoms with Gasteiger partial charge in [0.05, 0.1) is 22.8 Å². The molecule has 1 N–H and O–H groups in total.